The minimum atomic E-state index is -3.64. The molecule has 94 valence electrons. The van der Waals surface area contributed by atoms with Gasteiger partial charge in [-0.25, -0.2) is 17.5 Å². The highest BCUT2D eigenvalue weighted by atomic mass is 32.2. The number of esters is 1. The molecule has 0 saturated heterocycles. The second-order valence-electron chi connectivity index (χ2n) is 3.46. The lowest BCUT2D eigenvalue weighted by molar-refractivity contribution is 0.0597. The normalized spacial score (nSPS) is 11.5. The van der Waals surface area contributed by atoms with Crippen LogP contribution >= 0.6 is 0 Å². The van der Waals surface area contributed by atoms with Gasteiger partial charge in [0.25, 0.3) is 0 Å². The van der Waals surface area contributed by atoms with Crippen molar-refractivity contribution >= 4 is 16.0 Å². The van der Waals surface area contributed by atoms with Gasteiger partial charge in [-0.2, -0.15) is 0 Å². The molecular formula is C10H13NO5S. The third-order valence-corrected chi connectivity index (χ3v) is 3.96. The molecule has 1 N–H and O–H groups in total. The number of rotatable bonds is 3. The van der Waals surface area contributed by atoms with Crippen LogP contribution in [0.4, 0.5) is 0 Å². The van der Waals surface area contributed by atoms with Gasteiger partial charge in [0.05, 0.1) is 12.0 Å². The highest BCUT2D eigenvalue weighted by molar-refractivity contribution is 7.89. The lowest BCUT2D eigenvalue weighted by Gasteiger charge is -2.12. The molecule has 1 aromatic rings. The summed E-state index contributed by atoms with van der Waals surface area (Å²) in [6.07, 6.45) is 0. The average molecular weight is 259 g/mol. The maximum atomic E-state index is 11.8. The summed E-state index contributed by atoms with van der Waals surface area (Å²) in [4.78, 5) is 11.2. The minimum Gasteiger partial charge on any atom is -0.507 e. The van der Waals surface area contributed by atoms with Gasteiger partial charge in [-0.15, -0.1) is 0 Å². The summed E-state index contributed by atoms with van der Waals surface area (Å²) in [5.74, 6) is -1.12. The van der Waals surface area contributed by atoms with Gasteiger partial charge in [0.2, 0.25) is 10.0 Å². The Bertz CT molecular complexity index is 536. The van der Waals surface area contributed by atoms with E-state index >= 15 is 0 Å². The summed E-state index contributed by atoms with van der Waals surface area (Å²) in [6, 6.07) is 3.44. The lowest BCUT2D eigenvalue weighted by atomic mass is 10.2. The van der Waals surface area contributed by atoms with Crippen molar-refractivity contribution in [2.75, 3.05) is 21.2 Å². The number of carbonyl (C=O) groups excluding carboxylic acids is 1. The van der Waals surface area contributed by atoms with Crippen molar-refractivity contribution in [3.05, 3.63) is 23.8 Å². The third kappa shape index (κ3) is 2.56. The van der Waals surface area contributed by atoms with Crippen molar-refractivity contribution in [1.82, 2.24) is 4.31 Å². The van der Waals surface area contributed by atoms with Crippen molar-refractivity contribution in [2.45, 2.75) is 4.90 Å². The second kappa shape index (κ2) is 4.72. The van der Waals surface area contributed by atoms with E-state index in [1.807, 2.05) is 0 Å². The van der Waals surface area contributed by atoms with E-state index in [4.69, 9.17) is 0 Å². The van der Waals surface area contributed by atoms with Crippen LogP contribution in [0.3, 0.4) is 0 Å². The van der Waals surface area contributed by atoms with Crippen molar-refractivity contribution in [1.29, 1.82) is 0 Å². The number of sulfonamides is 1. The van der Waals surface area contributed by atoms with Crippen LogP contribution in [-0.4, -0.2) is 45.0 Å². The maximum absolute atomic E-state index is 11.8. The Hall–Kier alpha value is -1.60. The van der Waals surface area contributed by atoms with E-state index in [1.54, 1.807) is 0 Å². The first-order valence-corrected chi connectivity index (χ1v) is 6.08. The number of phenols is 1. The van der Waals surface area contributed by atoms with Gasteiger partial charge in [0, 0.05) is 14.1 Å². The molecule has 0 aliphatic rings. The van der Waals surface area contributed by atoms with E-state index in [0.29, 0.717) is 0 Å². The molecule has 0 atom stereocenters. The summed E-state index contributed by atoms with van der Waals surface area (Å²) in [6.45, 7) is 0. The topological polar surface area (TPSA) is 83.9 Å². The monoisotopic (exact) mass is 259 g/mol. The fourth-order valence-electron chi connectivity index (χ4n) is 1.16. The molecule has 0 saturated carbocycles. The summed E-state index contributed by atoms with van der Waals surface area (Å²) < 4.78 is 29.0. The first-order chi connectivity index (χ1) is 7.80. The Morgan fingerprint density at radius 2 is 1.94 bits per heavy atom. The highest BCUT2D eigenvalue weighted by Crippen LogP contribution is 2.23. The number of nitrogens with zero attached hydrogens (tertiary/aromatic N) is 1. The van der Waals surface area contributed by atoms with Gasteiger partial charge in [0.1, 0.15) is 11.3 Å². The summed E-state index contributed by atoms with van der Waals surface area (Å²) in [5, 5.41) is 9.43. The van der Waals surface area contributed by atoms with Gasteiger partial charge in [-0.1, -0.05) is 0 Å². The molecule has 0 heterocycles. The van der Waals surface area contributed by atoms with Crippen LogP contribution in [0, 0.1) is 0 Å². The number of ether oxygens (including phenoxy) is 1. The standard InChI is InChI=1S/C10H13NO5S/c1-11(2)17(14,15)7-4-5-9(12)8(6-7)10(13)16-3/h4-6,12H,1-3H3. The quantitative estimate of drug-likeness (QED) is 0.796. The fourth-order valence-corrected chi connectivity index (χ4v) is 2.09. The van der Waals surface area contributed by atoms with Crippen LogP contribution in [0.25, 0.3) is 0 Å². The third-order valence-electron chi connectivity index (χ3n) is 2.15. The molecule has 0 aliphatic carbocycles. The van der Waals surface area contributed by atoms with Gasteiger partial charge >= 0.3 is 5.97 Å². The number of hydrogen-bond donors (Lipinski definition) is 1. The van der Waals surface area contributed by atoms with E-state index in [2.05, 4.69) is 4.74 Å². The Morgan fingerprint density at radius 3 is 2.41 bits per heavy atom. The van der Waals surface area contributed by atoms with Crippen LogP contribution in [0.1, 0.15) is 10.4 Å². The zero-order chi connectivity index (χ0) is 13.2. The number of benzene rings is 1. The van der Waals surface area contributed by atoms with Crippen LogP contribution in [0.5, 0.6) is 5.75 Å². The Morgan fingerprint density at radius 1 is 1.35 bits per heavy atom. The van der Waals surface area contributed by atoms with Gasteiger partial charge in [-0.3, -0.25) is 0 Å². The van der Waals surface area contributed by atoms with E-state index in [-0.39, 0.29) is 16.2 Å². The van der Waals surface area contributed by atoms with Crippen LogP contribution in [0.15, 0.2) is 23.1 Å². The Kier molecular flexibility index (Phi) is 3.74. The lowest BCUT2D eigenvalue weighted by Crippen LogP contribution is -2.22. The maximum Gasteiger partial charge on any atom is 0.341 e. The van der Waals surface area contributed by atoms with Crippen LogP contribution in [-0.2, 0) is 14.8 Å². The number of hydrogen-bond acceptors (Lipinski definition) is 5. The zero-order valence-electron chi connectivity index (χ0n) is 9.67. The zero-order valence-corrected chi connectivity index (χ0v) is 10.5. The average Bonchev–Trinajstić information content (AvgIpc) is 2.28. The van der Waals surface area contributed by atoms with E-state index in [1.165, 1.54) is 20.2 Å². The molecule has 0 radical (unpaired) electrons. The Labute approximate surface area is 99.5 Å². The minimum absolute atomic E-state index is 0.0827. The summed E-state index contributed by atoms with van der Waals surface area (Å²) in [7, 11) is 0.254. The molecule has 17 heavy (non-hydrogen) atoms. The van der Waals surface area contributed by atoms with Gasteiger partial charge in [0.15, 0.2) is 0 Å². The van der Waals surface area contributed by atoms with Crippen molar-refractivity contribution < 1.29 is 23.1 Å². The number of phenolic OH excluding ortho intramolecular Hbond substituents is 1. The molecular weight excluding hydrogens is 246 g/mol. The number of aromatic hydroxyl groups is 1. The van der Waals surface area contributed by atoms with E-state index < -0.39 is 16.0 Å². The fraction of sp³-hybridized carbons (Fsp3) is 0.300. The van der Waals surface area contributed by atoms with Crippen molar-refractivity contribution in [2.24, 2.45) is 0 Å². The summed E-state index contributed by atoms with van der Waals surface area (Å²) in [5.41, 5.74) is -0.185. The molecule has 7 heteroatoms. The van der Waals surface area contributed by atoms with Gasteiger partial charge in [-0.05, 0) is 18.2 Å². The largest absolute Gasteiger partial charge is 0.507 e. The SMILES string of the molecule is COC(=O)c1cc(S(=O)(=O)N(C)C)ccc1O. The van der Waals surface area contributed by atoms with Crippen LogP contribution < -0.4 is 0 Å². The van der Waals surface area contributed by atoms with E-state index in [0.717, 1.165) is 23.5 Å². The molecule has 1 rings (SSSR count). The molecule has 0 amide bonds. The van der Waals surface area contributed by atoms with Crippen molar-refractivity contribution in [3.63, 3.8) is 0 Å². The molecule has 0 spiro atoms. The van der Waals surface area contributed by atoms with E-state index in [9.17, 15) is 18.3 Å². The first-order valence-electron chi connectivity index (χ1n) is 4.64. The highest BCUT2D eigenvalue weighted by Gasteiger charge is 2.21. The summed E-state index contributed by atoms with van der Waals surface area (Å²) >= 11 is 0. The first kappa shape index (κ1) is 13.5. The molecule has 0 bridgehead atoms. The second-order valence-corrected chi connectivity index (χ2v) is 5.61. The van der Waals surface area contributed by atoms with Crippen molar-refractivity contribution in [3.8, 4) is 5.75 Å². The predicted molar refractivity (Wildman–Crippen MR) is 60.3 cm³/mol. The molecule has 0 aromatic heterocycles. The number of carbonyl (C=O) groups is 1. The van der Waals surface area contributed by atoms with Gasteiger partial charge < -0.3 is 9.84 Å². The molecule has 0 unspecified atom stereocenters. The molecule has 6 nitrogen and oxygen atoms in total. The smallest absolute Gasteiger partial charge is 0.341 e. The predicted octanol–water partition coefficient (Wildman–Crippen LogP) is 0.429. The number of methoxy groups -OCH3 is 1. The molecule has 1 aromatic carbocycles. The Balaban J connectivity index is 3.37. The molecule has 0 fully saturated rings. The van der Waals surface area contributed by atoms with Crippen LogP contribution in [0.2, 0.25) is 0 Å². The molecule has 0 aliphatic heterocycles.